The van der Waals surface area contributed by atoms with Gasteiger partial charge in [-0.25, -0.2) is 0 Å². The summed E-state index contributed by atoms with van der Waals surface area (Å²) in [6.07, 6.45) is -1.48. The van der Waals surface area contributed by atoms with E-state index in [1.165, 1.54) is 0 Å². The van der Waals surface area contributed by atoms with E-state index in [-0.39, 0.29) is 24.9 Å². The van der Waals surface area contributed by atoms with Gasteiger partial charge in [0.15, 0.2) is 0 Å². The van der Waals surface area contributed by atoms with Crippen LogP contribution in [0.4, 0.5) is 0 Å². The molecule has 5 nitrogen and oxygen atoms in total. The summed E-state index contributed by atoms with van der Waals surface area (Å²) >= 11 is 0. The topological polar surface area (TPSA) is 73.9 Å². The third kappa shape index (κ3) is 4.69. The lowest BCUT2D eigenvalue weighted by Crippen LogP contribution is -2.62. The van der Waals surface area contributed by atoms with Gasteiger partial charge in [0.2, 0.25) is 0 Å². The summed E-state index contributed by atoms with van der Waals surface area (Å²) < 4.78 is 18.1. The number of hydrogen-bond acceptors (Lipinski definition) is 5. The van der Waals surface area contributed by atoms with E-state index in [0.29, 0.717) is 13.2 Å². The highest BCUT2D eigenvalue weighted by Crippen LogP contribution is 2.26. The Bertz CT molecular complexity index is 608. The summed E-state index contributed by atoms with van der Waals surface area (Å²) in [5, 5.41) is 9.76. The molecular weight excluding hydrogens is 330 g/mol. The molecule has 3 rings (SSSR count). The van der Waals surface area contributed by atoms with Crippen molar-refractivity contribution in [2.24, 2.45) is 5.73 Å². The van der Waals surface area contributed by atoms with Crippen molar-refractivity contribution in [3.05, 3.63) is 71.8 Å². The fourth-order valence-electron chi connectivity index (χ4n) is 3.23. The average Bonchev–Trinajstić information content (AvgIpc) is 2.69. The molecule has 5 atom stereocenters. The van der Waals surface area contributed by atoms with Gasteiger partial charge >= 0.3 is 0 Å². The highest BCUT2D eigenvalue weighted by Gasteiger charge is 2.44. The smallest absolute Gasteiger partial charge is 0.114 e. The molecule has 1 aliphatic heterocycles. The van der Waals surface area contributed by atoms with Crippen LogP contribution in [-0.2, 0) is 27.4 Å². The molecule has 1 fully saturated rings. The van der Waals surface area contributed by atoms with Crippen LogP contribution in [0.2, 0.25) is 0 Å². The lowest BCUT2D eigenvalue weighted by atomic mass is 9.93. The molecule has 0 aromatic heterocycles. The molecule has 2 unspecified atom stereocenters. The van der Waals surface area contributed by atoms with E-state index in [1.54, 1.807) is 0 Å². The quantitative estimate of drug-likeness (QED) is 0.795. The van der Waals surface area contributed by atoms with Gasteiger partial charge in [0.05, 0.1) is 32.0 Å². The van der Waals surface area contributed by atoms with Gasteiger partial charge in [-0.3, -0.25) is 0 Å². The van der Waals surface area contributed by atoms with Crippen molar-refractivity contribution >= 4 is 0 Å². The molecule has 2 aromatic rings. The molecule has 140 valence electrons. The first-order chi connectivity index (χ1) is 12.7. The Hall–Kier alpha value is -1.76. The summed E-state index contributed by atoms with van der Waals surface area (Å²) in [7, 11) is 0. The van der Waals surface area contributed by atoms with Crippen molar-refractivity contribution in [3.63, 3.8) is 0 Å². The van der Waals surface area contributed by atoms with E-state index in [2.05, 4.69) is 0 Å². The van der Waals surface area contributed by atoms with Gasteiger partial charge in [0.1, 0.15) is 18.3 Å². The van der Waals surface area contributed by atoms with E-state index in [0.717, 1.165) is 11.1 Å². The fraction of sp³-hybridized carbons (Fsp3) is 0.429. The first-order valence-electron chi connectivity index (χ1n) is 9.02. The highest BCUT2D eigenvalue weighted by molar-refractivity contribution is 5.14. The minimum Gasteiger partial charge on any atom is -0.394 e. The maximum atomic E-state index is 9.76. The van der Waals surface area contributed by atoms with E-state index < -0.39 is 12.2 Å². The Labute approximate surface area is 154 Å². The molecule has 0 amide bonds. The largest absolute Gasteiger partial charge is 0.394 e. The van der Waals surface area contributed by atoms with E-state index in [4.69, 9.17) is 19.9 Å². The first-order valence-corrected chi connectivity index (χ1v) is 9.02. The normalized spacial score (nSPS) is 28.8. The Kier molecular flexibility index (Phi) is 6.77. The number of hydrogen-bond donors (Lipinski definition) is 2. The fourth-order valence-corrected chi connectivity index (χ4v) is 3.23. The van der Waals surface area contributed by atoms with E-state index in [1.807, 2.05) is 67.6 Å². The molecule has 0 saturated carbocycles. The second-order valence-electron chi connectivity index (χ2n) is 6.66. The molecule has 2 aromatic carbocycles. The monoisotopic (exact) mass is 357 g/mol. The Morgan fingerprint density at radius 2 is 1.38 bits per heavy atom. The average molecular weight is 357 g/mol. The number of nitrogens with two attached hydrogens (primary N) is 1. The standard InChI is InChI=1S/C21H27NO4/c1-15-19(22)21(25-14-17-10-6-3-7-11-17)20(18(12-23)26-15)24-13-16-8-4-2-5-9-16/h2-11,15,18-21,23H,12-14,22H2,1H3/t15-,18?,19?,20+,21-/m0/s1. The summed E-state index contributed by atoms with van der Waals surface area (Å²) in [6, 6.07) is 19.5. The maximum Gasteiger partial charge on any atom is 0.114 e. The van der Waals surface area contributed by atoms with Crippen molar-refractivity contribution in [3.8, 4) is 0 Å². The predicted molar refractivity (Wildman–Crippen MR) is 99.4 cm³/mol. The lowest BCUT2D eigenvalue weighted by Gasteiger charge is -2.43. The molecule has 1 saturated heterocycles. The van der Waals surface area contributed by atoms with Crippen molar-refractivity contribution in [1.29, 1.82) is 0 Å². The molecule has 0 radical (unpaired) electrons. The van der Waals surface area contributed by atoms with Crippen LogP contribution in [0.3, 0.4) is 0 Å². The second kappa shape index (κ2) is 9.26. The van der Waals surface area contributed by atoms with Crippen LogP contribution in [0.25, 0.3) is 0 Å². The molecule has 0 bridgehead atoms. The second-order valence-corrected chi connectivity index (χ2v) is 6.66. The van der Waals surface area contributed by atoms with Crippen LogP contribution in [0.5, 0.6) is 0 Å². The molecule has 0 aliphatic carbocycles. The minimum absolute atomic E-state index is 0.137. The molecule has 0 spiro atoms. The van der Waals surface area contributed by atoms with Gasteiger partial charge in [-0.15, -0.1) is 0 Å². The summed E-state index contributed by atoms with van der Waals surface area (Å²) in [4.78, 5) is 0. The van der Waals surface area contributed by atoms with Gasteiger partial charge in [-0.2, -0.15) is 0 Å². The molecule has 1 heterocycles. The van der Waals surface area contributed by atoms with Crippen LogP contribution in [-0.4, -0.2) is 42.2 Å². The Morgan fingerprint density at radius 3 is 1.88 bits per heavy atom. The predicted octanol–water partition coefficient (Wildman–Crippen LogP) is 2.26. The Morgan fingerprint density at radius 1 is 0.885 bits per heavy atom. The van der Waals surface area contributed by atoms with Gasteiger partial charge in [0.25, 0.3) is 0 Å². The van der Waals surface area contributed by atoms with E-state index in [9.17, 15) is 5.11 Å². The van der Waals surface area contributed by atoms with Crippen LogP contribution in [0.1, 0.15) is 18.1 Å². The third-order valence-electron chi connectivity index (χ3n) is 4.75. The number of ether oxygens (including phenoxy) is 3. The van der Waals surface area contributed by atoms with Crippen molar-refractivity contribution in [2.75, 3.05) is 6.61 Å². The number of benzene rings is 2. The number of aliphatic hydroxyl groups excluding tert-OH is 1. The zero-order valence-corrected chi connectivity index (χ0v) is 15.0. The van der Waals surface area contributed by atoms with Crippen molar-refractivity contribution in [1.82, 2.24) is 0 Å². The third-order valence-corrected chi connectivity index (χ3v) is 4.75. The van der Waals surface area contributed by atoms with Crippen molar-refractivity contribution < 1.29 is 19.3 Å². The number of rotatable bonds is 7. The van der Waals surface area contributed by atoms with Crippen LogP contribution < -0.4 is 5.73 Å². The SMILES string of the molecule is C[C@@H]1OC(CO)[C@@H](OCc2ccccc2)[C@@H](OCc2ccccc2)C1N. The van der Waals surface area contributed by atoms with Crippen LogP contribution in [0.15, 0.2) is 60.7 Å². The van der Waals surface area contributed by atoms with Gasteiger partial charge in [-0.1, -0.05) is 60.7 Å². The van der Waals surface area contributed by atoms with Crippen LogP contribution in [0, 0.1) is 0 Å². The molecule has 26 heavy (non-hydrogen) atoms. The van der Waals surface area contributed by atoms with Crippen molar-refractivity contribution in [2.45, 2.75) is 50.6 Å². The zero-order valence-electron chi connectivity index (χ0n) is 15.0. The molecular formula is C21H27NO4. The minimum atomic E-state index is -0.464. The summed E-state index contributed by atoms with van der Waals surface area (Å²) in [6.45, 7) is 2.62. The number of aliphatic hydroxyl groups is 1. The van der Waals surface area contributed by atoms with E-state index >= 15 is 0 Å². The highest BCUT2D eigenvalue weighted by atomic mass is 16.6. The first kappa shape index (κ1) is 19.0. The summed E-state index contributed by atoms with van der Waals surface area (Å²) in [5.41, 5.74) is 8.48. The maximum absolute atomic E-state index is 9.76. The van der Waals surface area contributed by atoms with Gasteiger partial charge in [0, 0.05) is 0 Å². The van der Waals surface area contributed by atoms with Crippen LogP contribution >= 0.6 is 0 Å². The summed E-state index contributed by atoms with van der Waals surface area (Å²) in [5.74, 6) is 0. The zero-order chi connectivity index (χ0) is 18.4. The molecule has 3 N–H and O–H groups in total. The van der Waals surface area contributed by atoms with Gasteiger partial charge < -0.3 is 25.1 Å². The van der Waals surface area contributed by atoms with Gasteiger partial charge in [-0.05, 0) is 18.1 Å². The Balaban J connectivity index is 1.71. The lowest BCUT2D eigenvalue weighted by molar-refractivity contribution is -0.220. The molecule has 5 heteroatoms. The molecule has 1 aliphatic rings.